The van der Waals surface area contributed by atoms with Crippen LogP contribution < -0.4 is 4.74 Å². The van der Waals surface area contributed by atoms with E-state index in [1.807, 2.05) is 0 Å². The van der Waals surface area contributed by atoms with Crippen molar-refractivity contribution in [1.82, 2.24) is 4.98 Å². The highest BCUT2D eigenvalue weighted by molar-refractivity contribution is 5.45. The highest BCUT2D eigenvalue weighted by Crippen LogP contribution is 2.45. The molecule has 0 saturated heterocycles. The minimum absolute atomic E-state index is 0.102. The number of rotatable bonds is 2. The Balaban J connectivity index is 2.56. The second-order valence-corrected chi connectivity index (χ2v) is 3.90. The molecule has 0 N–H and O–H groups in total. The van der Waals surface area contributed by atoms with Crippen molar-refractivity contribution in [1.29, 1.82) is 0 Å². The maximum atomic E-state index is 12.9. The van der Waals surface area contributed by atoms with Crippen molar-refractivity contribution in [3.05, 3.63) is 53.9 Å². The molecule has 1 aromatic heterocycles. The van der Waals surface area contributed by atoms with Gasteiger partial charge in [0.05, 0.1) is 11.8 Å². The van der Waals surface area contributed by atoms with Crippen LogP contribution in [0.5, 0.6) is 11.5 Å². The van der Waals surface area contributed by atoms with Crippen molar-refractivity contribution in [3.8, 4) is 11.5 Å². The van der Waals surface area contributed by atoms with E-state index in [2.05, 4.69) is 11.2 Å². The van der Waals surface area contributed by atoms with E-state index in [1.165, 1.54) is 12.3 Å². The summed E-state index contributed by atoms with van der Waals surface area (Å²) < 4.78 is 81.9. The summed E-state index contributed by atoms with van der Waals surface area (Å²) in [5, 5.41) is 0. The molecule has 2 nitrogen and oxygen atoms in total. The third-order valence-electron chi connectivity index (χ3n) is 2.44. The van der Waals surface area contributed by atoms with E-state index in [0.717, 1.165) is 18.2 Å². The number of hydrogen-bond donors (Lipinski definition) is 0. The van der Waals surface area contributed by atoms with Crippen molar-refractivity contribution in [2.24, 2.45) is 0 Å². The lowest BCUT2D eigenvalue weighted by Gasteiger charge is -2.19. The molecule has 0 saturated carbocycles. The SMILES string of the molecule is FC(F)(F)c1cccc(Oc2c[c]ncc2)c1C(F)(F)F. The molecule has 0 atom stereocenters. The number of pyridine rings is 1. The van der Waals surface area contributed by atoms with Gasteiger partial charge in [-0.25, -0.2) is 0 Å². The fraction of sp³-hybridized carbons (Fsp3) is 0.154. The average Bonchev–Trinajstić information content (AvgIpc) is 2.37. The summed E-state index contributed by atoms with van der Waals surface area (Å²) in [6.45, 7) is 0. The minimum Gasteiger partial charge on any atom is -0.457 e. The van der Waals surface area contributed by atoms with Gasteiger partial charge in [-0.2, -0.15) is 26.3 Å². The lowest BCUT2D eigenvalue weighted by molar-refractivity contribution is -0.162. The van der Waals surface area contributed by atoms with E-state index in [0.29, 0.717) is 6.07 Å². The Labute approximate surface area is 115 Å². The Morgan fingerprint density at radius 3 is 2.19 bits per heavy atom. The molecular weight excluding hydrogens is 300 g/mol. The molecule has 2 rings (SSSR count). The third-order valence-corrected chi connectivity index (χ3v) is 2.44. The maximum absolute atomic E-state index is 12.9. The summed E-state index contributed by atoms with van der Waals surface area (Å²) in [5.41, 5.74) is -3.67. The lowest BCUT2D eigenvalue weighted by atomic mass is 10.1. The van der Waals surface area contributed by atoms with Crippen LogP contribution >= 0.6 is 0 Å². The van der Waals surface area contributed by atoms with Gasteiger partial charge in [0.2, 0.25) is 0 Å². The van der Waals surface area contributed by atoms with Crippen molar-refractivity contribution < 1.29 is 31.1 Å². The van der Waals surface area contributed by atoms with E-state index in [9.17, 15) is 26.3 Å². The maximum Gasteiger partial charge on any atom is 0.420 e. The van der Waals surface area contributed by atoms with Crippen molar-refractivity contribution in [2.45, 2.75) is 12.4 Å². The second kappa shape index (κ2) is 5.27. The molecule has 0 unspecified atom stereocenters. The Hall–Kier alpha value is -2.25. The smallest absolute Gasteiger partial charge is 0.420 e. The number of nitrogens with zero attached hydrogens (tertiary/aromatic N) is 1. The van der Waals surface area contributed by atoms with Gasteiger partial charge in [-0.3, -0.25) is 4.98 Å². The molecule has 8 heteroatoms. The number of benzene rings is 1. The van der Waals surface area contributed by atoms with Crippen LogP contribution in [-0.2, 0) is 12.4 Å². The molecule has 2 aromatic rings. The minimum atomic E-state index is -5.21. The molecular formula is C13H6F6NO. The number of halogens is 6. The molecule has 0 aliphatic rings. The molecule has 0 aliphatic heterocycles. The third kappa shape index (κ3) is 3.45. The molecule has 1 aromatic carbocycles. The van der Waals surface area contributed by atoms with E-state index in [-0.39, 0.29) is 5.75 Å². The summed E-state index contributed by atoms with van der Waals surface area (Å²) in [5.74, 6) is -1.04. The number of ether oxygens (including phenoxy) is 1. The largest absolute Gasteiger partial charge is 0.457 e. The van der Waals surface area contributed by atoms with E-state index < -0.39 is 29.2 Å². The van der Waals surface area contributed by atoms with Gasteiger partial charge in [0.25, 0.3) is 0 Å². The Morgan fingerprint density at radius 1 is 0.952 bits per heavy atom. The zero-order chi connectivity index (χ0) is 15.7. The predicted molar refractivity (Wildman–Crippen MR) is 59.6 cm³/mol. The van der Waals surface area contributed by atoms with Crippen molar-refractivity contribution in [2.75, 3.05) is 0 Å². The zero-order valence-electron chi connectivity index (χ0n) is 10.1. The standard InChI is InChI=1S/C13H6F6NO/c14-12(15,16)9-2-1-3-10(11(9)13(17,18)19)21-8-4-6-20-7-5-8/h1-6H. The molecule has 1 radical (unpaired) electrons. The molecule has 0 bridgehead atoms. The van der Waals surface area contributed by atoms with Gasteiger partial charge in [-0.05, 0) is 18.2 Å². The average molecular weight is 306 g/mol. The van der Waals surface area contributed by atoms with E-state index in [4.69, 9.17) is 4.74 Å². The molecule has 0 fully saturated rings. The second-order valence-electron chi connectivity index (χ2n) is 3.90. The van der Waals surface area contributed by atoms with Crippen LogP contribution in [0.25, 0.3) is 0 Å². The first-order valence-electron chi connectivity index (χ1n) is 5.47. The van der Waals surface area contributed by atoms with Crippen LogP contribution in [0.2, 0.25) is 0 Å². The molecule has 0 spiro atoms. The van der Waals surface area contributed by atoms with Gasteiger partial charge in [0.15, 0.2) is 0 Å². The van der Waals surface area contributed by atoms with E-state index >= 15 is 0 Å². The van der Waals surface area contributed by atoms with Crippen LogP contribution in [0.15, 0.2) is 36.5 Å². The van der Waals surface area contributed by atoms with Gasteiger partial charge in [0.1, 0.15) is 17.1 Å². The summed E-state index contributed by atoms with van der Waals surface area (Å²) >= 11 is 0. The van der Waals surface area contributed by atoms with Gasteiger partial charge in [-0.15, -0.1) is 0 Å². The van der Waals surface area contributed by atoms with Gasteiger partial charge < -0.3 is 4.74 Å². The quantitative estimate of drug-likeness (QED) is 0.750. The first-order valence-corrected chi connectivity index (χ1v) is 5.47. The van der Waals surface area contributed by atoms with Crippen LogP contribution in [0.3, 0.4) is 0 Å². The lowest BCUT2D eigenvalue weighted by Crippen LogP contribution is -2.17. The van der Waals surface area contributed by atoms with Crippen LogP contribution in [-0.4, -0.2) is 4.98 Å². The Bertz CT molecular complexity index is 621. The van der Waals surface area contributed by atoms with Crippen molar-refractivity contribution in [3.63, 3.8) is 0 Å². The summed E-state index contributed by atoms with van der Waals surface area (Å²) in [6, 6.07) is 4.34. The summed E-state index contributed by atoms with van der Waals surface area (Å²) in [7, 11) is 0. The monoisotopic (exact) mass is 306 g/mol. The Kier molecular flexibility index (Phi) is 3.80. The van der Waals surface area contributed by atoms with E-state index in [1.54, 1.807) is 0 Å². The topological polar surface area (TPSA) is 22.1 Å². The molecule has 111 valence electrons. The number of hydrogen-bond acceptors (Lipinski definition) is 2. The molecule has 1 heterocycles. The zero-order valence-corrected chi connectivity index (χ0v) is 10.1. The van der Waals surface area contributed by atoms with Gasteiger partial charge in [-0.1, -0.05) is 6.07 Å². The number of aromatic nitrogens is 1. The highest BCUT2D eigenvalue weighted by Gasteiger charge is 2.45. The predicted octanol–water partition coefficient (Wildman–Crippen LogP) is 4.71. The van der Waals surface area contributed by atoms with Crippen LogP contribution in [0.1, 0.15) is 11.1 Å². The molecule has 21 heavy (non-hydrogen) atoms. The summed E-state index contributed by atoms with van der Waals surface area (Å²) in [4.78, 5) is 3.51. The molecule has 0 amide bonds. The fourth-order valence-electron chi connectivity index (χ4n) is 1.64. The highest BCUT2D eigenvalue weighted by atomic mass is 19.4. The first kappa shape index (κ1) is 15.1. The Morgan fingerprint density at radius 2 is 1.67 bits per heavy atom. The van der Waals surface area contributed by atoms with Gasteiger partial charge >= 0.3 is 12.4 Å². The number of alkyl halides is 6. The fourth-order valence-corrected chi connectivity index (χ4v) is 1.64. The molecule has 0 aliphatic carbocycles. The van der Waals surface area contributed by atoms with Crippen LogP contribution in [0, 0.1) is 6.20 Å². The van der Waals surface area contributed by atoms with Gasteiger partial charge in [0, 0.05) is 12.3 Å². The normalized spacial score (nSPS) is 12.3. The first-order chi connectivity index (χ1) is 9.69. The van der Waals surface area contributed by atoms with Crippen molar-refractivity contribution >= 4 is 0 Å². The summed E-state index contributed by atoms with van der Waals surface area (Å²) in [6.07, 6.45) is -6.86. The van der Waals surface area contributed by atoms with Crippen LogP contribution in [0.4, 0.5) is 26.3 Å².